The van der Waals surface area contributed by atoms with E-state index in [1.54, 1.807) is 13.8 Å². The molecular weight excluding hydrogens is 232 g/mol. The Hall–Kier alpha value is -1.75. The number of benzene rings is 1. The third kappa shape index (κ3) is 2.73. The highest BCUT2D eigenvalue weighted by atomic mass is 16.6. The van der Waals surface area contributed by atoms with Gasteiger partial charge >= 0.3 is 0 Å². The van der Waals surface area contributed by atoms with E-state index in [4.69, 9.17) is 15.2 Å². The molecule has 0 unspecified atom stereocenters. The standard InChI is InChI=1S/C13H18N2O3/c1-13(2,12(14)16)15-8-9-3-4-10-11(7-9)18-6-5-17-10/h3-4,7,15H,5-6,8H2,1-2H3,(H2,14,16). The largest absolute Gasteiger partial charge is 0.486 e. The number of rotatable bonds is 4. The topological polar surface area (TPSA) is 73.6 Å². The molecule has 0 atom stereocenters. The Kier molecular flexibility index (Phi) is 3.43. The van der Waals surface area contributed by atoms with Crippen molar-refractivity contribution in [1.29, 1.82) is 0 Å². The van der Waals surface area contributed by atoms with Crippen molar-refractivity contribution in [2.75, 3.05) is 13.2 Å². The molecule has 0 saturated carbocycles. The van der Waals surface area contributed by atoms with Gasteiger partial charge in [0, 0.05) is 6.54 Å². The van der Waals surface area contributed by atoms with Crippen molar-refractivity contribution in [2.45, 2.75) is 25.9 Å². The zero-order valence-corrected chi connectivity index (χ0v) is 10.7. The predicted molar refractivity (Wildman–Crippen MR) is 67.5 cm³/mol. The van der Waals surface area contributed by atoms with Crippen LogP contribution in [0.5, 0.6) is 11.5 Å². The molecule has 1 heterocycles. The zero-order chi connectivity index (χ0) is 13.2. The Bertz CT molecular complexity index is 458. The lowest BCUT2D eigenvalue weighted by Crippen LogP contribution is -2.50. The number of amides is 1. The summed E-state index contributed by atoms with van der Waals surface area (Å²) in [5.41, 5.74) is 5.59. The van der Waals surface area contributed by atoms with Gasteiger partial charge in [0.25, 0.3) is 0 Å². The van der Waals surface area contributed by atoms with Crippen LogP contribution in [0.25, 0.3) is 0 Å². The van der Waals surface area contributed by atoms with E-state index in [9.17, 15) is 4.79 Å². The van der Waals surface area contributed by atoms with E-state index < -0.39 is 5.54 Å². The second-order valence-electron chi connectivity index (χ2n) is 4.82. The van der Waals surface area contributed by atoms with E-state index in [0.717, 1.165) is 17.1 Å². The van der Waals surface area contributed by atoms with E-state index in [1.165, 1.54) is 0 Å². The van der Waals surface area contributed by atoms with Gasteiger partial charge in [-0.1, -0.05) is 6.07 Å². The summed E-state index contributed by atoms with van der Waals surface area (Å²) in [7, 11) is 0. The van der Waals surface area contributed by atoms with Crippen LogP contribution >= 0.6 is 0 Å². The van der Waals surface area contributed by atoms with Crippen molar-refractivity contribution >= 4 is 5.91 Å². The fourth-order valence-electron chi connectivity index (χ4n) is 1.61. The second-order valence-corrected chi connectivity index (χ2v) is 4.82. The highest BCUT2D eigenvalue weighted by molar-refractivity contribution is 5.83. The Morgan fingerprint density at radius 3 is 2.67 bits per heavy atom. The molecule has 5 heteroatoms. The van der Waals surface area contributed by atoms with E-state index in [-0.39, 0.29) is 5.91 Å². The molecule has 0 bridgehead atoms. The third-order valence-electron chi connectivity index (χ3n) is 2.96. The lowest BCUT2D eigenvalue weighted by atomic mass is 10.0. The quantitative estimate of drug-likeness (QED) is 0.829. The summed E-state index contributed by atoms with van der Waals surface area (Å²) in [5.74, 6) is 1.14. The first-order valence-electron chi connectivity index (χ1n) is 5.92. The van der Waals surface area contributed by atoms with Gasteiger partial charge in [0.15, 0.2) is 11.5 Å². The Labute approximate surface area is 106 Å². The summed E-state index contributed by atoms with van der Waals surface area (Å²) < 4.78 is 10.9. The smallest absolute Gasteiger partial charge is 0.237 e. The number of ether oxygens (including phenoxy) is 2. The molecule has 3 N–H and O–H groups in total. The molecule has 1 aliphatic heterocycles. The van der Waals surface area contributed by atoms with Crippen molar-refractivity contribution in [3.05, 3.63) is 23.8 Å². The summed E-state index contributed by atoms with van der Waals surface area (Å²) in [5, 5.41) is 3.11. The van der Waals surface area contributed by atoms with Crippen molar-refractivity contribution in [3.8, 4) is 11.5 Å². The number of primary amides is 1. The molecule has 1 aromatic rings. The van der Waals surface area contributed by atoms with Gasteiger partial charge in [0.05, 0.1) is 5.54 Å². The lowest BCUT2D eigenvalue weighted by molar-refractivity contribution is -0.123. The summed E-state index contributed by atoms with van der Waals surface area (Å²) in [4.78, 5) is 11.2. The lowest BCUT2D eigenvalue weighted by Gasteiger charge is -2.23. The van der Waals surface area contributed by atoms with Gasteiger partial charge in [-0.25, -0.2) is 0 Å². The van der Waals surface area contributed by atoms with Crippen LogP contribution in [0, 0.1) is 0 Å². The fraction of sp³-hybridized carbons (Fsp3) is 0.462. The maximum absolute atomic E-state index is 11.2. The third-order valence-corrected chi connectivity index (χ3v) is 2.96. The average Bonchev–Trinajstić information content (AvgIpc) is 2.36. The molecule has 2 rings (SSSR count). The van der Waals surface area contributed by atoms with Crippen molar-refractivity contribution in [2.24, 2.45) is 5.73 Å². The van der Waals surface area contributed by atoms with Crippen LogP contribution in [0.15, 0.2) is 18.2 Å². The number of carbonyl (C=O) groups excluding carboxylic acids is 1. The van der Waals surface area contributed by atoms with Gasteiger partial charge in [-0.15, -0.1) is 0 Å². The first-order chi connectivity index (χ1) is 8.49. The number of nitrogens with two attached hydrogens (primary N) is 1. The molecule has 0 spiro atoms. The summed E-state index contributed by atoms with van der Waals surface area (Å²) in [6.45, 7) is 5.21. The van der Waals surface area contributed by atoms with Crippen LogP contribution in [0.1, 0.15) is 19.4 Å². The molecule has 18 heavy (non-hydrogen) atoms. The molecule has 5 nitrogen and oxygen atoms in total. The van der Waals surface area contributed by atoms with Gasteiger partial charge < -0.3 is 15.2 Å². The number of fused-ring (bicyclic) bond motifs is 1. The van der Waals surface area contributed by atoms with Crippen LogP contribution < -0.4 is 20.5 Å². The molecular formula is C13H18N2O3. The molecule has 98 valence electrons. The summed E-state index contributed by atoms with van der Waals surface area (Å²) in [6, 6.07) is 5.74. The minimum absolute atomic E-state index is 0.375. The SMILES string of the molecule is CC(C)(NCc1ccc2c(c1)OCCO2)C(N)=O. The zero-order valence-electron chi connectivity index (χ0n) is 10.7. The average molecular weight is 250 g/mol. The molecule has 0 aromatic heterocycles. The normalized spacial score (nSPS) is 14.3. The number of nitrogens with one attached hydrogen (secondary N) is 1. The van der Waals surface area contributed by atoms with E-state index >= 15 is 0 Å². The Morgan fingerprint density at radius 1 is 1.33 bits per heavy atom. The van der Waals surface area contributed by atoms with E-state index in [2.05, 4.69) is 5.32 Å². The van der Waals surface area contributed by atoms with Crippen molar-refractivity contribution < 1.29 is 14.3 Å². The highest BCUT2D eigenvalue weighted by Crippen LogP contribution is 2.30. The minimum atomic E-state index is -0.729. The van der Waals surface area contributed by atoms with Crippen LogP contribution in [0.2, 0.25) is 0 Å². The number of hydrogen-bond acceptors (Lipinski definition) is 4. The Balaban J connectivity index is 2.04. The van der Waals surface area contributed by atoms with Gasteiger partial charge in [0.1, 0.15) is 13.2 Å². The van der Waals surface area contributed by atoms with Crippen molar-refractivity contribution in [1.82, 2.24) is 5.32 Å². The first kappa shape index (κ1) is 12.7. The van der Waals surface area contributed by atoms with Gasteiger partial charge in [-0.2, -0.15) is 0 Å². The molecule has 0 aliphatic carbocycles. The molecule has 0 fully saturated rings. The number of carbonyl (C=O) groups is 1. The molecule has 0 saturated heterocycles. The van der Waals surface area contributed by atoms with Gasteiger partial charge in [-0.05, 0) is 31.5 Å². The fourth-order valence-corrected chi connectivity index (χ4v) is 1.61. The molecule has 0 radical (unpaired) electrons. The van der Waals surface area contributed by atoms with Crippen LogP contribution in [-0.4, -0.2) is 24.7 Å². The first-order valence-corrected chi connectivity index (χ1v) is 5.92. The monoisotopic (exact) mass is 250 g/mol. The maximum atomic E-state index is 11.2. The minimum Gasteiger partial charge on any atom is -0.486 e. The summed E-state index contributed by atoms with van der Waals surface area (Å²) in [6.07, 6.45) is 0. The molecule has 1 aliphatic rings. The Morgan fingerprint density at radius 2 is 2.00 bits per heavy atom. The van der Waals surface area contributed by atoms with Crippen molar-refractivity contribution in [3.63, 3.8) is 0 Å². The number of hydrogen-bond donors (Lipinski definition) is 2. The van der Waals surface area contributed by atoms with Crippen LogP contribution in [-0.2, 0) is 11.3 Å². The second kappa shape index (κ2) is 4.86. The van der Waals surface area contributed by atoms with Gasteiger partial charge in [0.2, 0.25) is 5.91 Å². The van der Waals surface area contributed by atoms with Crippen LogP contribution in [0.4, 0.5) is 0 Å². The van der Waals surface area contributed by atoms with Crippen LogP contribution in [0.3, 0.4) is 0 Å². The van der Waals surface area contributed by atoms with E-state index in [0.29, 0.717) is 19.8 Å². The highest BCUT2D eigenvalue weighted by Gasteiger charge is 2.23. The summed E-state index contributed by atoms with van der Waals surface area (Å²) >= 11 is 0. The van der Waals surface area contributed by atoms with E-state index in [1.807, 2.05) is 18.2 Å². The molecule has 1 aromatic carbocycles. The van der Waals surface area contributed by atoms with Gasteiger partial charge in [-0.3, -0.25) is 10.1 Å². The maximum Gasteiger partial charge on any atom is 0.237 e. The predicted octanol–water partition coefficient (Wildman–Crippen LogP) is 0.811. The molecule has 1 amide bonds.